The Balaban J connectivity index is 2.10. The van der Waals surface area contributed by atoms with Crippen LogP contribution in [0.25, 0.3) is 0 Å². The van der Waals surface area contributed by atoms with Gasteiger partial charge < -0.3 is 5.11 Å². The molecule has 0 unspecified atom stereocenters. The van der Waals surface area contributed by atoms with E-state index in [-0.39, 0.29) is 6.04 Å². The second-order valence-electron chi connectivity index (χ2n) is 5.00. The van der Waals surface area contributed by atoms with E-state index in [1.54, 1.807) is 0 Å². The molecule has 1 aliphatic rings. The van der Waals surface area contributed by atoms with Crippen LogP contribution in [-0.2, 0) is 17.8 Å². The summed E-state index contributed by atoms with van der Waals surface area (Å²) in [6.45, 7) is 3.83. The van der Waals surface area contributed by atoms with E-state index in [0.717, 1.165) is 19.5 Å². The summed E-state index contributed by atoms with van der Waals surface area (Å²) in [6, 6.07) is 7.83. The van der Waals surface area contributed by atoms with E-state index in [1.165, 1.54) is 24.0 Å². The lowest BCUT2D eigenvalue weighted by molar-refractivity contribution is -0.144. The van der Waals surface area contributed by atoms with Gasteiger partial charge in [0.1, 0.15) is 6.04 Å². The fourth-order valence-corrected chi connectivity index (χ4v) is 2.62. The first kappa shape index (κ1) is 13.1. The monoisotopic (exact) mass is 247 g/mol. The lowest BCUT2D eigenvalue weighted by Gasteiger charge is -2.34. The number of fused-ring (bicyclic) bond motifs is 1. The molecule has 0 radical (unpaired) electrons. The summed E-state index contributed by atoms with van der Waals surface area (Å²) in [7, 11) is 0. The molecule has 0 spiro atoms. The van der Waals surface area contributed by atoms with E-state index in [2.05, 4.69) is 24.0 Å². The first-order chi connectivity index (χ1) is 8.72. The fraction of sp³-hybridized carbons (Fsp3) is 0.533. The average molecular weight is 247 g/mol. The van der Waals surface area contributed by atoms with Crippen LogP contribution in [0.15, 0.2) is 24.3 Å². The minimum Gasteiger partial charge on any atom is -0.480 e. The van der Waals surface area contributed by atoms with Gasteiger partial charge in [0.05, 0.1) is 0 Å². The van der Waals surface area contributed by atoms with E-state index in [4.69, 9.17) is 0 Å². The standard InChI is InChI=1S/C15H21NO2/c1-2-3-6-9-16-11-13-8-5-4-7-12(13)10-14(16)15(17)18/h4-5,7-8,14H,2-3,6,9-11H2,1H3,(H,17,18)/t14-/m0/s1. The normalized spacial score (nSPS) is 19.5. The molecule has 3 heteroatoms. The summed E-state index contributed by atoms with van der Waals surface area (Å²) in [5.41, 5.74) is 2.48. The molecule has 1 atom stereocenters. The molecular formula is C15H21NO2. The van der Waals surface area contributed by atoms with Crippen molar-refractivity contribution >= 4 is 5.97 Å². The second-order valence-corrected chi connectivity index (χ2v) is 5.00. The van der Waals surface area contributed by atoms with Crippen LogP contribution < -0.4 is 0 Å². The third-order valence-electron chi connectivity index (χ3n) is 3.68. The summed E-state index contributed by atoms with van der Waals surface area (Å²) >= 11 is 0. The SMILES string of the molecule is CCCCCN1Cc2ccccc2C[C@H]1C(=O)O. The largest absolute Gasteiger partial charge is 0.480 e. The molecule has 1 aliphatic heterocycles. The average Bonchev–Trinajstić information content (AvgIpc) is 2.38. The van der Waals surface area contributed by atoms with Gasteiger partial charge in [-0.2, -0.15) is 0 Å². The number of aliphatic carboxylic acids is 1. The van der Waals surface area contributed by atoms with E-state index in [9.17, 15) is 9.90 Å². The molecule has 18 heavy (non-hydrogen) atoms. The molecule has 0 saturated heterocycles. The maximum Gasteiger partial charge on any atom is 0.321 e. The molecule has 1 aromatic rings. The smallest absolute Gasteiger partial charge is 0.321 e. The molecule has 0 amide bonds. The van der Waals surface area contributed by atoms with E-state index in [0.29, 0.717) is 6.42 Å². The molecule has 3 nitrogen and oxygen atoms in total. The fourth-order valence-electron chi connectivity index (χ4n) is 2.62. The molecule has 1 heterocycles. The summed E-state index contributed by atoms with van der Waals surface area (Å²) in [6.07, 6.45) is 4.06. The first-order valence-electron chi connectivity index (χ1n) is 6.76. The molecule has 1 aromatic carbocycles. The zero-order chi connectivity index (χ0) is 13.0. The van der Waals surface area contributed by atoms with Crippen molar-refractivity contribution < 1.29 is 9.90 Å². The van der Waals surface area contributed by atoms with Gasteiger partial charge >= 0.3 is 5.97 Å². The highest BCUT2D eigenvalue weighted by atomic mass is 16.4. The van der Waals surface area contributed by atoms with Crippen molar-refractivity contribution in [3.63, 3.8) is 0 Å². The molecule has 0 saturated carbocycles. The number of carboxylic acids is 1. The minimum atomic E-state index is -0.694. The van der Waals surface area contributed by atoms with E-state index >= 15 is 0 Å². The first-order valence-corrected chi connectivity index (χ1v) is 6.76. The summed E-state index contributed by atoms with van der Waals surface area (Å²) < 4.78 is 0. The zero-order valence-electron chi connectivity index (χ0n) is 10.9. The maximum atomic E-state index is 11.4. The van der Waals surface area contributed by atoms with Gasteiger partial charge in [-0.25, -0.2) is 0 Å². The number of nitrogens with zero attached hydrogens (tertiary/aromatic N) is 1. The Morgan fingerprint density at radius 3 is 2.72 bits per heavy atom. The summed E-state index contributed by atoms with van der Waals surface area (Å²) in [5.74, 6) is -0.694. The van der Waals surface area contributed by atoms with Gasteiger partial charge in [-0.3, -0.25) is 9.69 Å². The van der Waals surface area contributed by atoms with Crippen molar-refractivity contribution in [1.82, 2.24) is 4.90 Å². The molecule has 0 aromatic heterocycles. The number of hydrogen-bond acceptors (Lipinski definition) is 2. The Bertz CT molecular complexity index is 417. The zero-order valence-corrected chi connectivity index (χ0v) is 10.9. The molecule has 0 aliphatic carbocycles. The van der Waals surface area contributed by atoms with Gasteiger partial charge in [-0.15, -0.1) is 0 Å². The van der Waals surface area contributed by atoms with E-state index < -0.39 is 5.97 Å². The predicted octanol–water partition coefficient (Wildman–Crippen LogP) is 2.69. The number of carboxylic acid groups (broad SMARTS) is 1. The van der Waals surface area contributed by atoms with Crippen LogP contribution in [0.5, 0.6) is 0 Å². The van der Waals surface area contributed by atoms with Crippen molar-refractivity contribution in [2.24, 2.45) is 0 Å². The van der Waals surface area contributed by atoms with Crippen LogP contribution in [0.2, 0.25) is 0 Å². The van der Waals surface area contributed by atoms with Crippen molar-refractivity contribution in [1.29, 1.82) is 0 Å². The number of hydrogen-bond donors (Lipinski definition) is 1. The molecular weight excluding hydrogens is 226 g/mol. The molecule has 2 rings (SSSR count). The Kier molecular flexibility index (Phi) is 4.37. The predicted molar refractivity (Wildman–Crippen MR) is 71.5 cm³/mol. The van der Waals surface area contributed by atoms with Gasteiger partial charge in [0.25, 0.3) is 0 Å². The van der Waals surface area contributed by atoms with Gasteiger partial charge in [-0.05, 0) is 30.5 Å². The lowest BCUT2D eigenvalue weighted by atomic mass is 9.94. The lowest BCUT2D eigenvalue weighted by Crippen LogP contribution is -2.45. The second kappa shape index (κ2) is 6.01. The van der Waals surface area contributed by atoms with Crippen LogP contribution in [-0.4, -0.2) is 28.6 Å². The number of benzene rings is 1. The highest BCUT2D eigenvalue weighted by Gasteiger charge is 2.30. The van der Waals surface area contributed by atoms with Crippen LogP contribution in [0.4, 0.5) is 0 Å². The van der Waals surface area contributed by atoms with Crippen LogP contribution in [0.3, 0.4) is 0 Å². The van der Waals surface area contributed by atoms with Crippen molar-refractivity contribution in [2.75, 3.05) is 6.54 Å². The highest BCUT2D eigenvalue weighted by molar-refractivity contribution is 5.74. The number of carbonyl (C=O) groups is 1. The van der Waals surface area contributed by atoms with Crippen molar-refractivity contribution in [3.05, 3.63) is 35.4 Å². The Hall–Kier alpha value is -1.35. The molecule has 0 fully saturated rings. The van der Waals surface area contributed by atoms with Gasteiger partial charge in [-0.1, -0.05) is 44.0 Å². The van der Waals surface area contributed by atoms with Crippen molar-refractivity contribution in [3.8, 4) is 0 Å². The van der Waals surface area contributed by atoms with Crippen LogP contribution in [0.1, 0.15) is 37.3 Å². The number of rotatable bonds is 5. The van der Waals surface area contributed by atoms with Gasteiger partial charge in [0, 0.05) is 6.54 Å². The van der Waals surface area contributed by atoms with Crippen molar-refractivity contribution in [2.45, 2.75) is 45.2 Å². The molecule has 1 N–H and O–H groups in total. The Morgan fingerprint density at radius 2 is 2.06 bits per heavy atom. The molecule has 0 bridgehead atoms. The molecule has 98 valence electrons. The third kappa shape index (κ3) is 2.91. The third-order valence-corrected chi connectivity index (χ3v) is 3.68. The van der Waals surface area contributed by atoms with Gasteiger partial charge in [0.15, 0.2) is 0 Å². The Morgan fingerprint density at radius 1 is 1.33 bits per heavy atom. The highest BCUT2D eigenvalue weighted by Crippen LogP contribution is 2.23. The van der Waals surface area contributed by atoms with Gasteiger partial charge in [0.2, 0.25) is 0 Å². The van der Waals surface area contributed by atoms with Crippen LogP contribution in [0, 0.1) is 0 Å². The topological polar surface area (TPSA) is 40.5 Å². The van der Waals surface area contributed by atoms with E-state index in [1.807, 2.05) is 12.1 Å². The number of unbranched alkanes of at least 4 members (excludes halogenated alkanes) is 2. The quantitative estimate of drug-likeness (QED) is 0.813. The summed E-state index contributed by atoms with van der Waals surface area (Å²) in [4.78, 5) is 13.5. The maximum absolute atomic E-state index is 11.4. The van der Waals surface area contributed by atoms with Crippen LogP contribution >= 0.6 is 0 Å². The Labute approximate surface area is 108 Å². The minimum absolute atomic E-state index is 0.350. The summed E-state index contributed by atoms with van der Waals surface area (Å²) in [5, 5.41) is 9.35.